The monoisotopic (exact) mass is 460 g/mol. The molecule has 31 heavy (non-hydrogen) atoms. The summed E-state index contributed by atoms with van der Waals surface area (Å²) in [7, 11) is 0. The number of nitrogens with zero attached hydrogens (tertiary/aromatic N) is 1. The van der Waals surface area contributed by atoms with Gasteiger partial charge in [-0.05, 0) is 30.7 Å². The Labute approximate surface area is 179 Å². The molecule has 0 aliphatic rings. The number of amides is 1. The summed E-state index contributed by atoms with van der Waals surface area (Å²) in [6, 6.07) is 8.88. The minimum absolute atomic E-state index is 0.0213. The highest BCUT2D eigenvalue weighted by atomic mass is 35.5. The highest BCUT2D eigenvalue weighted by Crippen LogP contribution is 2.27. The minimum Gasteiger partial charge on any atom is -0.449 e. The molecule has 0 aromatic heterocycles. The number of halogens is 4. The number of hydrogen-bond donors (Lipinski definition) is 1. The second-order valence-corrected chi connectivity index (χ2v) is 6.67. The number of benzene rings is 2. The smallest absolute Gasteiger partial charge is 0.411 e. The van der Waals surface area contributed by atoms with E-state index in [-0.39, 0.29) is 28.6 Å². The van der Waals surface area contributed by atoms with Gasteiger partial charge in [0, 0.05) is 12.1 Å². The number of anilines is 1. The van der Waals surface area contributed by atoms with Crippen LogP contribution in [0.25, 0.3) is 0 Å². The van der Waals surface area contributed by atoms with Crippen molar-refractivity contribution in [3.63, 3.8) is 0 Å². The first kappa shape index (κ1) is 24.1. The lowest BCUT2D eigenvalue weighted by molar-refractivity contribution is -0.384. The standard InChI is InChI=1S/C19H16ClF3N2O6/c1-11(17(26)24-16-8-14(25(28)29)6-7-15(16)20)31-18(27)13-4-2-12(3-5-13)9-30-10-19(21,22)23/h2-8,11H,9-10H2,1H3,(H,24,26). The molecule has 1 amide bonds. The average Bonchev–Trinajstić information content (AvgIpc) is 2.68. The van der Waals surface area contributed by atoms with Gasteiger partial charge < -0.3 is 14.8 Å². The number of rotatable bonds is 8. The second kappa shape index (κ2) is 10.2. The zero-order valence-electron chi connectivity index (χ0n) is 15.9. The normalized spacial score (nSPS) is 12.2. The summed E-state index contributed by atoms with van der Waals surface area (Å²) >= 11 is 5.91. The first-order valence-corrected chi connectivity index (χ1v) is 9.03. The molecule has 0 aliphatic carbocycles. The summed E-state index contributed by atoms with van der Waals surface area (Å²) in [5, 5.41) is 13.2. The van der Waals surface area contributed by atoms with Crippen LogP contribution in [0.2, 0.25) is 5.02 Å². The Morgan fingerprint density at radius 1 is 1.19 bits per heavy atom. The Hall–Kier alpha value is -3.18. The summed E-state index contributed by atoms with van der Waals surface area (Å²) in [6.45, 7) is -0.395. The molecule has 0 aliphatic heterocycles. The average molecular weight is 461 g/mol. The van der Waals surface area contributed by atoms with Crippen LogP contribution >= 0.6 is 11.6 Å². The molecule has 12 heteroatoms. The van der Waals surface area contributed by atoms with Gasteiger partial charge in [0.2, 0.25) is 0 Å². The van der Waals surface area contributed by atoms with Crippen LogP contribution < -0.4 is 5.32 Å². The predicted molar refractivity (Wildman–Crippen MR) is 104 cm³/mol. The number of nitrogens with one attached hydrogen (secondary N) is 1. The van der Waals surface area contributed by atoms with Gasteiger partial charge in [0.25, 0.3) is 11.6 Å². The van der Waals surface area contributed by atoms with Gasteiger partial charge in [0.15, 0.2) is 6.10 Å². The summed E-state index contributed by atoms with van der Waals surface area (Å²) < 4.78 is 45.8. The molecule has 166 valence electrons. The maximum Gasteiger partial charge on any atom is 0.411 e. The van der Waals surface area contributed by atoms with Gasteiger partial charge in [-0.1, -0.05) is 23.7 Å². The van der Waals surface area contributed by atoms with E-state index in [0.29, 0.717) is 5.56 Å². The molecule has 1 unspecified atom stereocenters. The van der Waals surface area contributed by atoms with Crippen molar-refractivity contribution in [2.45, 2.75) is 25.8 Å². The Balaban J connectivity index is 1.93. The van der Waals surface area contributed by atoms with Crippen molar-refractivity contribution in [3.05, 3.63) is 68.7 Å². The zero-order chi connectivity index (χ0) is 23.2. The van der Waals surface area contributed by atoms with Crippen molar-refractivity contribution in [3.8, 4) is 0 Å². The maximum absolute atomic E-state index is 12.2. The lowest BCUT2D eigenvalue weighted by Crippen LogP contribution is -2.30. The van der Waals surface area contributed by atoms with Gasteiger partial charge in [0.05, 0.1) is 27.8 Å². The van der Waals surface area contributed by atoms with Gasteiger partial charge in [-0.25, -0.2) is 4.79 Å². The Morgan fingerprint density at radius 3 is 2.42 bits per heavy atom. The minimum atomic E-state index is -4.44. The fourth-order valence-corrected chi connectivity index (χ4v) is 2.43. The molecule has 2 aromatic rings. The Morgan fingerprint density at radius 2 is 1.84 bits per heavy atom. The quantitative estimate of drug-likeness (QED) is 0.353. The first-order chi connectivity index (χ1) is 14.5. The molecule has 0 bridgehead atoms. The molecule has 2 rings (SSSR count). The van der Waals surface area contributed by atoms with Crippen LogP contribution in [-0.4, -0.2) is 35.7 Å². The van der Waals surface area contributed by atoms with E-state index in [2.05, 4.69) is 10.1 Å². The van der Waals surface area contributed by atoms with Crippen molar-refractivity contribution >= 4 is 34.9 Å². The number of esters is 1. The van der Waals surface area contributed by atoms with Crippen LogP contribution in [-0.2, 0) is 20.9 Å². The number of nitro groups is 1. The summed E-state index contributed by atoms with van der Waals surface area (Å²) in [5.74, 6) is -1.62. The lowest BCUT2D eigenvalue weighted by Gasteiger charge is -2.14. The van der Waals surface area contributed by atoms with Gasteiger partial charge >= 0.3 is 12.1 Å². The lowest BCUT2D eigenvalue weighted by atomic mass is 10.1. The number of non-ortho nitro benzene ring substituents is 1. The molecule has 0 fully saturated rings. The Kier molecular flexibility index (Phi) is 7.95. The van der Waals surface area contributed by atoms with Crippen molar-refractivity contribution in [1.82, 2.24) is 0 Å². The van der Waals surface area contributed by atoms with Crippen LogP contribution in [0.3, 0.4) is 0 Å². The van der Waals surface area contributed by atoms with E-state index in [9.17, 15) is 32.9 Å². The van der Waals surface area contributed by atoms with E-state index in [4.69, 9.17) is 16.3 Å². The third-order valence-corrected chi connectivity index (χ3v) is 4.13. The molecular formula is C19H16ClF3N2O6. The van der Waals surface area contributed by atoms with E-state index in [1.807, 2.05) is 0 Å². The Bertz CT molecular complexity index is 966. The SMILES string of the molecule is CC(OC(=O)c1ccc(COCC(F)(F)F)cc1)C(=O)Nc1cc([N+](=O)[O-])ccc1Cl. The number of carbonyl (C=O) groups is 2. The topological polar surface area (TPSA) is 108 Å². The van der Waals surface area contributed by atoms with Gasteiger partial charge in [-0.3, -0.25) is 14.9 Å². The van der Waals surface area contributed by atoms with Gasteiger partial charge in [0.1, 0.15) is 6.61 Å². The van der Waals surface area contributed by atoms with Crippen molar-refractivity contribution in [2.75, 3.05) is 11.9 Å². The second-order valence-electron chi connectivity index (χ2n) is 6.26. The van der Waals surface area contributed by atoms with Crippen LogP contribution in [0, 0.1) is 10.1 Å². The van der Waals surface area contributed by atoms with E-state index >= 15 is 0 Å². The fraction of sp³-hybridized carbons (Fsp3) is 0.263. The number of alkyl halides is 3. The predicted octanol–water partition coefficient (Wildman–Crippen LogP) is 4.51. The largest absolute Gasteiger partial charge is 0.449 e. The molecule has 0 spiro atoms. The van der Waals surface area contributed by atoms with Crippen molar-refractivity contribution in [1.29, 1.82) is 0 Å². The number of ether oxygens (including phenoxy) is 2. The third-order valence-electron chi connectivity index (χ3n) is 3.80. The number of hydrogen-bond acceptors (Lipinski definition) is 6. The number of carbonyl (C=O) groups excluding carboxylic acids is 2. The molecule has 8 nitrogen and oxygen atoms in total. The molecule has 0 heterocycles. The van der Waals surface area contributed by atoms with Crippen LogP contribution in [0.5, 0.6) is 0 Å². The van der Waals surface area contributed by atoms with Crippen LogP contribution in [0.15, 0.2) is 42.5 Å². The van der Waals surface area contributed by atoms with E-state index in [1.165, 1.54) is 43.3 Å². The van der Waals surface area contributed by atoms with Crippen LogP contribution in [0.4, 0.5) is 24.5 Å². The number of nitro benzene ring substituents is 1. The zero-order valence-corrected chi connectivity index (χ0v) is 16.7. The fourth-order valence-electron chi connectivity index (χ4n) is 2.26. The van der Waals surface area contributed by atoms with Crippen LogP contribution in [0.1, 0.15) is 22.8 Å². The first-order valence-electron chi connectivity index (χ1n) is 8.65. The molecule has 1 atom stereocenters. The molecule has 1 N–H and O–H groups in total. The highest BCUT2D eigenvalue weighted by molar-refractivity contribution is 6.33. The van der Waals surface area contributed by atoms with E-state index in [0.717, 1.165) is 6.07 Å². The molecule has 2 aromatic carbocycles. The molecule has 0 radical (unpaired) electrons. The maximum atomic E-state index is 12.2. The molecule has 0 saturated carbocycles. The van der Waals surface area contributed by atoms with E-state index in [1.54, 1.807) is 0 Å². The van der Waals surface area contributed by atoms with Crippen molar-refractivity contribution in [2.24, 2.45) is 0 Å². The summed E-state index contributed by atoms with van der Waals surface area (Å²) in [6.07, 6.45) is -5.70. The van der Waals surface area contributed by atoms with Gasteiger partial charge in [-0.2, -0.15) is 13.2 Å². The van der Waals surface area contributed by atoms with Gasteiger partial charge in [-0.15, -0.1) is 0 Å². The summed E-state index contributed by atoms with van der Waals surface area (Å²) in [5.41, 5.74) is 0.162. The highest BCUT2D eigenvalue weighted by Gasteiger charge is 2.27. The molecule has 0 saturated heterocycles. The summed E-state index contributed by atoms with van der Waals surface area (Å²) in [4.78, 5) is 34.6. The third kappa shape index (κ3) is 7.54. The van der Waals surface area contributed by atoms with E-state index < -0.39 is 35.7 Å². The van der Waals surface area contributed by atoms with Crippen molar-refractivity contribution < 1.29 is 37.2 Å². The molecular weight excluding hydrogens is 445 g/mol.